The summed E-state index contributed by atoms with van der Waals surface area (Å²) in [5.74, 6) is -0.274. The fourth-order valence-corrected chi connectivity index (χ4v) is 4.24. The summed E-state index contributed by atoms with van der Waals surface area (Å²) in [6.45, 7) is 2.63. The number of benzene rings is 3. The molecular weight excluding hydrogens is 419 g/mol. The van der Waals surface area contributed by atoms with Gasteiger partial charge in [0.25, 0.3) is 11.8 Å². The van der Waals surface area contributed by atoms with E-state index in [1.54, 1.807) is 29.2 Å². The van der Waals surface area contributed by atoms with Gasteiger partial charge in [0.15, 0.2) is 0 Å². The number of aryl methyl sites for hydroxylation is 2. The Bertz CT molecular complexity index is 1120. The SMILES string of the molecule is Cc1cccc(C(=O)N2CCCc3cc(C(=O)Nc4cc(Cl)cc(Cl)c4)ccc32)c1. The first-order valence-corrected chi connectivity index (χ1v) is 10.5. The van der Waals surface area contributed by atoms with Gasteiger partial charge in [-0.1, -0.05) is 40.9 Å². The highest BCUT2D eigenvalue weighted by Crippen LogP contribution is 2.30. The second-order valence-corrected chi connectivity index (χ2v) is 8.26. The number of hydrogen-bond donors (Lipinski definition) is 1. The van der Waals surface area contributed by atoms with E-state index in [1.165, 1.54) is 0 Å². The average Bonchev–Trinajstić information content (AvgIpc) is 2.71. The number of fused-ring (bicyclic) bond motifs is 1. The van der Waals surface area contributed by atoms with E-state index in [-0.39, 0.29) is 11.8 Å². The highest BCUT2D eigenvalue weighted by molar-refractivity contribution is 6.35. The minimum Gasteiger partial charge on any atom is -0.322 e. The van der Waals surface area contributed by atoms with E-state index in [0.717, 1.165) is 29.7 Å². The molecule has 0 atom stereocenters. The first-order valence-electron chi connectivity index (χ1n) is 9.69. The highest BCUT2D eigenvalue weighted by atomic mass is 35.5. The van der Waals surface area contributed by atoms with Crippen LogP contribution in [-0.2, 0) is 6.42 Å². The largest absolute Gasteiger partial charge is 0.322 e. The van der Waals surface area contributed by atoms with Crippen LogP contribution in [0.3, 0.4) is 0 Å². The van der Waals surface area contributed by atoms with Crippen LogP contribution in [0.2, 0.25) is 10.0 Å². The molecule has 30 heavy (non-hydrogen) atoms. The summed E-state index contributed by atoms with van der Waals surface area (Å²) in [4.78, 5) is 27.6. The third-order valence-electron chi connectivity index (χ3n) is 5.09. The Morgan fingerprint density at radius 2 is 1.70 bits per heavy atom. The van der Waals surface area contributed by atoms with Gasteiger partial charge in [-0.2, -0.15) is 0 Å². The molecule has 4 nitrogen and oxygen atoms in total. The molecule has 6 heteroatoms. The lowest BCUT2D eigenvalue weighted by Gasteiger charge is -2.30. The predicted molar refractivity (Wildman–Crippen MR) is 122 cm³/mol. The van der Waals surface area contributed by atoms with Crippen LogP contribution < -0.4 is 10.2 Å². The molecule has 0 saturated heterocycles. The zero-order chi connectivity index (χ0) is 21.3. The molecule has 3 aromatic carbocycles. The van der Waals surface area contributed by atoms with Crippen LogP contribution in [0.4, 0.5) is 11.4 Å². The number of amides is 2. The maximum atomic E-state index is 13.1. The Labute approximate surface area is 185 Å². The van der Waals surface area contributed by atoms with Gasteiger partial charge in [0.05, 0.1) is 0 Å². The molecule has 0 aromatic heterocycles. The van der Waals surface area contributed by atoms with Gasteiger partial charge in [-0.05, 0) is 73.9 Å². The van der Waals surface area contributed by atoms with Crippen molar-refractivity contribution in [2.75, 3.05) is 16.8 Å². The van der Waals surface area contributed by atoms with E-state index >= 15 is 0 Å². The van der Waals surface area contributed by atoms with E-state index in [1.807, 2.05) is 43.3 Å². The predicted octanol–water partition coefficient (Wildman–Crippen LogP) is 6.15. The molecule has 1 N–H and O–H groups in total. The van der Waals surface area contributed by atoms with Crippen molar-refractivity contribution in [3.05, 3.63) is 93.0 Å². The molecule has 0 spiro atoms. The van der Waals surface area contributed by atoms with Gasteiger partial charge in [-0.25, -0.2) is 0 Å². The fraction of sp³-hybridized carbons (Fsp3) is 0.167. The van der Waals surface area contributed by atoms with Gasteiger partial charge in [-0.3, -0.25) is 9.59 Å². The van der Waals surface area contributed by atoms with Crippen molar-refractivity contribution in [2.45, 2.75) is 19.8 Å². The number of rotatable bonds is 3. The average molecular weight is 439 g/mol. The van der Waals surface area contributed by atoms with Crippen molar-refractivity contribution in [2.24, 2.45) is 0 Å². The lowest BCUT2D eigenvalue weighted by Crippen LogP contribution is -2.35. The van der Waals surface area contributed by atoms with Gasteiger partial charge in [0, 0.05) is 39.1 Å². The summed E-state index contributed by atoms with van der Waals surface area (Å²) in [7, 11) is 0. The molecule has 0 bridgehead atoms. The Morgan fingerprint density at radius 3 is 2.43 bits per heavy atom. The molecule has 152 valence electrons. The summed E-state index contributed by atoms with van der Waals surface area (Å²) >= 11 is 12.0. The Morgan fingerprint density at radius 1 is 0.933 bits per heavy atom. The van der Waals surface area contributed by atoms with Gasteiger partial charge in [-0.15, -0.1) is 0 Å². The maximum absolute atomic E-state index is 13.1. The van der Waals surface area contributed by atoms with Crippen LogP contribution in [-0.4, -0.2) is 18.4 Å². The molecule has 0 fully saturated rings. The molecule has 1 aliphatic heterocycles. The van der Waals surface area contributed by atoms with E-state index < -0.39 is 0 Å². The second kappa shape index (κ2) is 8.50. The zero-order valence-electron chi connectivity index (χ0n) is 16.4. The Hall–Kier alpha value is -2.82. The number of halogens is 2. The summed E-state index contributed by atoms with van der Waals surface area (Å²) in [6, 6.07) is 17.9. The summed E-state index contributed by atoms with van der Waals surface area (Å²) in [5, 5.41) is 3.73. The van der Waals surface area contributed by atoms with E-state index in [9.17, 15) is 9.59 Å². The first-order chi connectivity index (χ1) is 14.4. The number of hydrogen-bond acceptors (Lipinski definition) is 2. The van der Waals surface area contributed by atoms with Gasteiger partial charge >= 0.3 is 0 Å². The van der Waals surface area contributed by atoms with Crippen LogP contribution in [0.5, 0.6) is 0 Å². The third-order valence-corrected chi connectivity index (χ3v) is 5.53. The first kappa shape index (κ1) is 20.5. The quantitative estimate of drug-likeness (QED) is 0.533. The second-order valence-electron chi connectivity index (χ2n) is 7.39. The minimum atomic E-state index is -0.252. The Balaban J connectivity index is 1.58. The molecule has 1 heterocycles. The van der Waals surface area contributed by atoms with Crippen molar-refractivity contribution in [1.82, 2.24) is 0 Å². The summed E-state index contributed by atoms with van der Waals surface area (Å²) in [5.41, 5.74) is 4.61. The molecular formula is C24H20Cl2N2O2. The molecule has 4 rings (SSSR count). The van der Waals surface area contributed by atoms with E-state index in [2.05, 4.69) is 5.32 Å². The van der Waals surface area contributed by atoms with Crippen molar-refractivity contribution in [1.29, 1.82) is 0 Å². The molecule has 1 aliphatic rings. The third kappa shape index (κ3) is 4.35. The Kier molecular flexibility index (Phi) is 5.80. The molecule has 3 aromatic rings. The number of carbonyl (C=O) groups is 2. The zero-order valence-corrected chi connectivity index (χ0v) is 17.9. The topological polar surface area (TPSA) is 49.4 Å². The van der Waals surface area contributed by atoms with Gasteiger partial charge < -0.3 is 10.2 Å². The minimum absolute atomic E-state index is 0.0228. The van der Waals surface area contributed by atoms with Gasteiger partial charge in [0.1, 0.15) is 0 Å². The fourth-order valence-electron chi connectivity index (χ4n) is 3.71. The van der Waals surface area contributed by atoms with Crippen molar-refractivity contribution in [3.63, 3.8) is 0 Å². The van der Waals surface area contributed by atoms with Gasteiger partial charge in [0.2, 0.25) is 0 Å². The van der Waals surface area contributed by atoms with E-state index in [4.69, 9.17) is 23.2 Å². The van der Waals surface area contributed by atoms with Crippen molar-refractivity contribution < 1.29 is 9.59 Å². The normalized spacial score (nSPS) is 13.0. The highest BCUT2D eigenvalue weighted by Gasteiger charge is 2.24. The lowest BCUT2D eigenvalue weighted by atomic mass is 9.98. The molecule has 0 unspecified atom stereocenters. The molecule has 0 aliphatic carbocycles. The number of nitrogens with zero attached hydrogens (tertiary/aromatic N) is 1. The molecule has 2 amide bonds. The van der Waals surface area contributed by atoms with Crippen LogP contribution in [0, 0.1) is 6.92 Å². The maximum Gasteiger partial charge on any atom is 0.258 e. The number of anilines is 2. The summed E-state index contributed by atoms with van der Waals surface area (Å²) < 4.78 is 0. The number of nitrogens with one attached hydrogen (secondary N) is 1. The van der Waals surface area contributed by atoms with Crippen LogP contribution in [0.25, 0.3) is 0 Å². The van der Waals surface area contributed by atoms with Crippen molar-refractivity contribution >= 4 is 46.4 Å². The number of carbonyl (C=O) groups excluding carboxylic acids is 2. The summed E-state index contributed by atoms with van der Waals surface area (Å²) in [6.07, 6.45) is 1.66. The molecule has 0 radical (unpaired) electrons. The van der Waals surface area contributed by atoms with Crippen molar-refractivity contribution in [3.8, 4) is 0 Å². The standard InChI is InChI=1S/C24H20Cl2N2O2/c1-15-4-2-5-18(10-15)24(30)28-9-3-6-16-11-17(7-8-22(16)28)23(29)27-21-13-19(25)12-20(26)14-21/h2,4-5,7-8,10-14H,3,6,9H2,1H3,(H,27,29). The smallest absolute Gasteiger partial charge is 0.258 e. The van der Waals surface area contributed by atoms with Crippen LogP contribution in [0.1, 0.15) is 38.3 Å². The lowest BCUT2D eigenvalue weighted by molar-refractivity contribution is 0.0984. The van der Waals surface area contributed by atoms with Crippen LogP contribution in [0.15, 0.2) is 60.7 Å². The van der Waals surface area contributed by atoms with Crippen LogP contribution >= 0.6 is 23.2 Å². The van der Waals surface area contributed by atoms with E-state index in [0.29, 0.717) is 33.4 Å². The molecule has 0 saturated carbocycles. The monoisotopic (exact) mass is 438 g/mol.